The first kappa shape index (κ1) is 13.3. The molecule has 2 aromatic rings. The van der Waals surface area contributed by atoms with E-state index < -0.39 is 5.97 Å². The Labute approximate surface area is 110 Å². The molecule has 0 aliphatic rings. The minimum atomic E-state index is -0.991. The predicted octanol–water partition coefficient (Wildman–Crippen LogP) is 0.688. The number of carboxylic acids is 1. The largest absolute Gasteiger partial charge is 0.478 e. The van der Waals surface area contributed by atoms with Crippen LogP contribution in [0.2, 0.25) is 0 Å². The number of aromatic carboxylic acids is 1. The number of carboxylic acid groups (broad SMARTS) is 1. The van der Waals surface area contributed by atoms with Crippen LogP contribution in [0.3, 0.4) is 0 Å². The van der Waals surface area contributed by atoms with Crippen LogP contribution in [0.1, 0.15) is 16.8 Å². The van der Waals surface area contributed by atoms with E-state index in [0.717, 1.165) is 18.4 Å². The van der Waals surface area contributed by atoms with Gasteiger partial charge in [0.25, 0.3) is 0 Å². The zero-order chi connectivity index (χ0) is 13.8. The molecule has 0 saturated heterocycles. The quantitative estimate of drug-likeness (QED) is 0.664. The second kappa shape index (κ2) is 5.66. The van der Waals surface area contributed by atoms with Gasteiger partial charge in [-0.25, -0.2) is 9.78 Å². The van der Waals surface area contributed by atoms with E-state index in [9.17, 15) is 9.90 Å². The highest BCUT2D eigenvalue weighted by molar-refractivity contribution is 6.03. The summed E-state index contributed by atoms with van der Waals surface area (Å²) in [5.74, 6) is -0.991. The Bertz CT molecular complexity index is 593. The molecule has 0 unspecified atom stereocenters. The lowest BCUT2D eigenvalue weighted by Crippen LogP contribution is -2.14. The molecular formula is C12H17N5O2. The van der Waals surface area contributed by atoms with Crippen LogP contribution in [0, 0.1) is 0 Å². The van der Waals surface area contributed by atoms with E-state index in [0.29, 0.717) is 17.9 Å². The number of aromatic nitrogens is 3. The van der Waals surface area contributed by atoms with Crippen LogP contribution in [0.25, 0.3) is 11.0 Å². The molecule has 0 amide bonds. The Balaban J connectivity index is 2.35. The molecule has 0 atom stereocenters. The minimum absolute atomic E-state index is 0.171. The van der Waals surface area contributed by atoms with Crippen LogP contribution in [-0.4, -0.2) is 46.0 Å². The summed E-state index contributed by atoms with van der Waals surface area (Å²) >= 11 is 0. The molecule has 0 aliphatic carbocycles. The lowest BCUT2D eigenvalue weighted by Gasteiger charge is -2.10. The molecule has 0 fully saturated rings. The van der Waals surface area contributed by atoms with Crippen LogP contribution in [0.4, 0.5) is 5.69 Å². The van der Waals surface area contributed by atoms with Gasteiger partial charge >= 0.3 is 5.97 Å². The highest BCUT2D eigenvalue weighted by atomic mass is 16.4. The second-order valence-corrected chi connectivity index (χ2v) is 4.24. The van der Waals surface area contributed by atoms with E-state index in [2.05, 4.69) is 20.7 Å². The number of nitrogens with one attached hydrogen (secondary N) is 2. The van der Waals surface area contributed by atoms with Crippen molar-refractivity contribution in [1.82, 2.24) is 20.1 Å². The van der Waals surface area contributed by atoms with Crippen molar-refractivity contribution in [3.63, 3.8) is 0 Å². The van der Waals surface area contributed by atoms with Gasteiger partial charge in [0.05, 0.1) is 17.3 Å². The summed E-state index contributed by atoms with van der Waals surface area (Å²) in [4.78, 5) is 15.4. The lowest BCUT2D eigenvalue weighted by atomic mass is 10.2. The van der Waals surface area contributed by atoms with Crippen molar-refractivity contribution in [2.24, 2.45) is 7.05 Å². The Morgan fingerprint density at radius 2 is 2.21 bits per heavy atom. The van der Waals surface area contributed by atoms with E-state index in [1.54, 1.807) is 17.9 Å². The molecule has 19 heavy (non-hydrogen) atoms. The topological polar surface area (TPSA) is 92.1 Å². The third kappa shape index (κ3) is 2.65. The van der Waals surface area contributed by atoms with Crippen LogP contribution in [0.5, 0.6) is 0 Å². The van der Waals surface area contributed by atoms with E-state index in [-0.39, 0.29) is 5.56 Å². The molecule has 0 aliphatic heterocycles. The van der Waals surface area contributed by atoms with Crippen molar-refractivity contribution in [3.05, 3.63) is 18.0 Å². The van der Waals surface area contributed by atoms with Crippen LogP contribution >= 0.6 is 0 Å². The fraction of sp³-hybridized carbons (Fsp3) is 0.417. The molecular weight excluding hydrogens is 246 g/mol. The van der Waals surface area contributed by atoms with Gasteiger partial charge in [0.2, 0.25) is 0 Å². The molecule has 3 N–H and O–H groups in total. The van der Waals surface area contributed by atoms with Gasteiger partial charge in [0.1, 0.15) is 5.56 Å². The molecule has 7 nitrogen and oxygen atoms in total. The first-order chi connectivity index (χ1) is 9.15. The molecule has 2 rings (SSSR count). The SMILES string of the molecule is CNCCCNc1c(C(=O)O)cnc2c1cnn2C. The van der Waals surface area contributed by atoms with Gasteiger partial charge in [0.15, 0.2) is 5.65 Å². The highest BCUT2D eigenvalue weighted by Gasteiger charge is 2.16. The fourth-order valence-electron chi connectivity index (χ4n) is 1.93. The monoisotopic (exact) mass is 263 g/mol. The number of anilines is 1. The standard InChI is InChI=1S/C12H17N5O2/c1-13-4-3-5-14-10-8-7-16-17(2)11(8)15-6-9(10)12(18)19/h6-7,13H,3-5H2,1-2H3,(H,14,15)(H,18,19). The summed E-state index contributed by atoms with van der Waals surface area (Å²) in [6.07, 6.45) is 3.90. The van der Waals surface area contributed by atoms with Gasteiger partial charge in [0, 0.05) is 19.8 Å². The third-order valence-corrected chi connectivity index (χ3v) is 2.90. The van der Waals surface area contributed by atoms with Gasteiger partial charge in [-0.05, 0) is 20.0 Å². The smallest absolute Gasteiger partial charge is 0.339 e. The van der Waals surface area contributed by atoms with E-state index in [4.69, 9.17) is 0 Å². The van der Waals surface area contributed by atoms with Gasteiger partial charge in [-0.3, -0.25) is 4.68 Å². The zero-order valence-corrected chi connectivity index (χ0v) is 11.0. The molecule has 2 heterocycles. The lowest BCUT2D eigenvalue weighted by molar-refractivity contribution is 0.0697. The number of hydrogen-bond donors (Lipinski definition) is 3. The summed E-state index contributed by atoms with van der Waals surface area (Å²) in [6, 6.07) is 0. The minimum Gasteiger partial charge on any atom is -0.478 e. The van der Waals surface area contributed by atoms with E-state index >= 15 is 0 Å². The number of fused-ring (bicyclic) bond motifs is 1. The molecule has 0 spiro atoms. The van der Waals surface area contributed by atoms with Crippen molar-refractivity contribution in [2.45, 2.75) is 6.42 Å². The summed E-state index contributed by atoms with van der Waals surface area (Å²) in [6.45, 7) is 1.56. The summed E-state index contributed by atoms with van der Waals surface area (Å²) < 4.78 is 1.62. The molecule has 0 radical (unpaired) electrons. The zero-order valence-electron chi connectivity index (χ0n) is 11.0. The normalized spacial score (nSPS) is 10.8. The maximum Gasteiger partial charge on any atom is 0.339 e. The molecule has 7 heteroatoms. The van der Waals surface area contributed by atoms with Crippen molar-refractivity contribution in [1.29, 1.82) is 0 Å². The average molecular weight is 263 g/mol. The first-order valence-electron chi connectivity index (χ1n) is 6.07. The molecule has 0 bridgehead atoms. The Morgan fingerprint density at radius 1 is 1.42 bits per heavy atom. The first-order valence-corrected chi connectivity index (χ1v) is 6.07. The molecule has 102 valence electrons. The van der Waals surface area contributed by atoms with Gasteiger partial charge < -0.3 is 15.7 Å². The third-order valence-electron chi connectivity index (χ3n) is 2.90. The van der Waals surface area contributed by atoms with Crippen LogP contribution < -0.4 is 10.6 Å². The Hall–Kier alpha value is -2.15. The fourth-order valence-corrected chi connectivity index (χ4v) is 1.93. The number of rotatable bonds is 6. The van der Waals surface area contributed by atoms with Gasteiger partial charge in [-0.15, -0.1) is 0 Å². The van der Waals surface area contributed by atoms with Crippen LogP contribution in [-0.2, 0) is 7.05 Å². The molecule has 0 saturated carbocycles. The number of nitrogens with zero attached hydrogens (tertiary/aromatic N) is 3. The van der Waals surface area contributed by atoms with E-state index in [1.165, 1.54) is 6.20 Å². The van der Waals surface area contributed by atoms with Crippen LogP contribution in [0.15, 0.2) is 12.4 Å². The second-order valence-electron chi connectivity index (χ2n) is 4.24. The summed E-state index contributed by atoms with van der Waals surface area (Å²) in [5.41, 5.74) is 1.42. The van der Waals surface area contributed by atoms with Crippen molar-refractivity contribution in [2.75, 3.05) is 25.5 Å². The average Bonchev–Trinajstić information content (AvgIpc) is 2.76. The number of hydrogen-bond acceptors (Lipinski definition) is 5. The highest BCUT2D eigenvalue weighted by Crippen LogP contribution is 2.25. The number of aryl methyl sites for hydroxylation is 1. The molecule has 0 aromatic carbocycles. The van der Waals surface area contributed by atoms with Gasteiger partial charge in [-0.1, -0.05) is 0 Å². The van der Waals surface area contributed by atoms with Gasteiger partial charge in [-0.2, -0.15) is 5.10 Å². The van der Waals surface area contributed by atoms with Crippen molar-refractivity contribution >= 4 is 22.7 Å². The predicted molar refractivity (Wildman–Crippen MR) is 72.5 cm³/mol. The Morgan fingerprint density at radius 3 is 2.89 bits per heavy atom. The van der Waals surface area contributed by atoms with Crippen molar-refractivity contribution < 1.29 is 9.90 Å². The summed E-state index contributed by atoms with van der Waals surface area (Å²) in [5, 5.41) is 20.3. The summed E-state index contributed by atoms with van der Waals surface area (Å²) in [7, 11) is 3.66. The van der Waals surface area contributed by atoms with Crippen molar-refractivity contribution in [3.8, 4) is 0 Å². The van der Waals surface area contributed by atoms with E-state index in [1.807, 2.05) is 7.05 Å². The Kier molecular flexibility index (Phi) is 3.96. The molecule has 2 aromatic heterocycles. The number of carbonyl (C=O) groups is 1. The maximum atomic E-state index is 11.2. The number of pyridine rings is 1. The maximum absolute atomic E-state index is 11.2.